The third-order valence-electron chi connectivity index (χ3n) is 6.05. The molecule has 0 aliphatic carbocycles. The molecule has 37 heavy (non-hydrogen) atoms. The number of hydrogen-bond acceptors (Lipinski definition) is 7. The van der Waals surface area contributed by atoms with E-state index in [2.05, 4.69) is 51.6 Å². The van der Waals surface area contributed by atoms with Gasteiger partial charge in [-0.3, -0.25) is 9.25 Å². The number of H-pyrrole nitrogens is 1. The number of rotatable bonds is 6. The lowest BCUT2D eigenvalue weighted by Gasteiger charge is -2.20. The summed E-state index contributed by atoms with van der Waals surface area (Å²) in [4.78, 5) is 30.7. The number of aromatic amines is 1. The maximum Gasteiger partial charge on any atom is 0.355 e. The molecule has 3 heterocycles. The normalized spacial score (nSPS) is 11.8. The van der Waals surface area contributed by atoms with Crippen LogP contribution in [0.15, 0.2) is 58.4 Å². The van der Waals surface area contributed by atoms with Gasteiger partial charge in [0.1, 0.15) is 5.69 Å². The first kappa shape index (κ1) is 24.4. The molecule has 3 aromatic heterocycles. The number of nitrogens with zero attached hydrogens (tertiary/aromatic N) is 7. The molecule has 0 spiro atoms. The van der Waals surface area contributed by atoms with E-state index in [1.54, 1.807) is 16.8 Å². The SMILES string of the molecule is Cn1cc2cc(Nc3nc(=O)n(Cc4cn[nH]n4)c(=O)n3Cc3ccc(C(C)(C)C)cc3)c(Cl)cc2n1. The molecule has 0 radical (unpaired) electrons. The standard InChI is InChI=1S/C25H26ClN9O2/c1-25(2,3)17-7-5-15(6-8-17)12-34-22(28-21-9-16-13-33(4)31-20(16)10-19(21)26)29-23(36)35(24(34)37)14-18-11-27-32-30-18/h5-11,13H,12,14H2,1-4H3,(H,27,30,32)(H,28,29,36). The van der Waals surface area contributed by atoms with Gasteiger partial charge in [0.25, 0.3) is 0 Å². The largest absolute Gasteiger partial charge is 0.355 e. The summed E-state index contributed by atoms with van der Waals surface area (Å²) in [5.41, 5.74) is 2.46. The molecular weight excluding hydrogens is 494 g/mol. The van der Waals surface area contributed by atoms with Crippen molar-refractivity contribution in [1.82, 2.24) is 39.3 Å². The highest BCUT2D eigenvalue weighted by atomic mass is 35.5. The van der Waals surface area contributed by atoms with Crippen LogP contribution in [0.1, 0.15) is 37.6 Å². The molecule has 0 aliphatic rings. The number of halogens is 1. The van der Waals surface area contributed by atoms with Crippen LogP contribution in [-0.4, -0.2) is 39.3 Å². The molecular formula is C25H26ClN9O2. The van der Waals surface area contributed by atoms with E-state index in [9.17, 15) is 9.59 Å². The topological polar surface area (TPSA) is 128 Å². The number of anilines is 2. The monoisotopic (exact) mass is 519 g/mol. The zero-order chi connectivity index (χ0) is 26.3. The Labute approximate surface area is 216 Å². The smallest absolute Gasteiger partial charge is 0.324 e. The average Bonchev–Trinajstić information content (AvgIpc) is 3.47. The zero-order valence-corrected chi connectivity index (χ0v) is 21.6. The minimum absolute atomic E-state index is 0.00382. The van der Waals surface area contributed by atoms with Gasteiger partial charge in [-0.25, -0.2) is 14.2 Å². The van der Waals surface area contributed by atoms with Gasteiger partial charge in [0.15, 0.2) is 0 Å². The van der Waals surface area contributed by atoms with E-state index in [0.29, 0.717) is 16.4 Å². The first-order chi connectivity index (χ1) is 17.6. The number of nitrogens with one attached hydrogen (secondary N) is 2. The molecule has 0 bridgehead atoms. The lowest BCUT2D eigenvalue weighted by Crippen LogP contribution is -2.43. The van der Waals surface area contributed by atoms with Crippen LogP contribution < -0.4 is 16.7 Å². The summed E-state index contributed by atoms with van der Waals surface area (Å²) in [6, 6.07) is 11.6. The van der Waals surface area contributed by atoms with Gasteiger partial charge in [-0.1, -0.05) is 56.6 Å². The molecule has 0 saturated heterocycles. The molecule has 190 valence electrons. The van der Waals surface area contributed by atoms with Crippen molar-refractivity contribution < 1.29 is 0 Å². The second-order valence-electron chi connectivity index (χ2n) is 9.90. The number of hydrogen-bond donors (Lipinski definition) is 2. The van der Waals surface area contributed by atoms with Gasteiger partial charge >= 0.3 is 11.4 Å². The lowest BCUT2D eigenvalue weighted by atomic mass is 9.87. The number of benzene rings is 2. The second-order valence-corrected chi connectivity index (χ2v) is 10.3. The van der Waals surface area contributed by atoms with Crippen molar-refractivity contribution in [2.24, 2.45) is 7.05 Å². The summed E-state index contributed by atoms with van der Waals surface area (Å²) >= 11 is 6.51. The third-order valence-corrected chi connectivity index (χ3v) is 6.36. The highest BCUT2D eigenvalue weighted by Gasteiger charge is 2.18. The van der Waals surface area contributed by atoms with Crippen molar-refractivity contribution >= 4 is 34.1 Å². The van der Waals surface area contributed by atoms with Crippen LogP contribution in [0.3, 0.4) is 0 Å². The Hall–Kier alpha value is -4.25. The van der Waals surface area contributed by atoms with Gasteiger partial charge in [-0.05, 0) is 28.7 Å². The van der Waals surface area contributed by atoms with Gasteiger partial charge < -0.3 is 5.32 Å². The maximum absolute atomic E-state index is 13.6. The van der Waals surface area contributed by atoms with Gasteiger partial charge in [0.2, 0.25) is 5.95 Å². The summed E-state index contributed by atoms with van der Waals surface area (Å²) < 4.78 is 4.13. The van der Waals surface area contributed by atoms with E-state index in [0.717, 1.165) is 21.0 Å². The van der Waals surface area contributed by atoms with Crippen molar-refractivity contribution in [3.05, 3.63) is 91.6 Å². The van der Waals surface area contributed by atoms with Gasteiger partial charge in [-0.15, -0.1) is 0 Å². The first-order valence-electron chi connectivity index (χ1n) is 11.6. The van der Waals surface area contributed by atoms with Crippen molar-refractivity contribution in [1.29, 1.82) is 0 Å². The Morgan fingerprint density at radius 2 is 1.81 bits per heavy atom. The highest BCUT2D eigenvalue weighted by Crippen LogP contribution is 2.29. The van der Waals surface area contributed by atoms with Crippen LogP contribution in [0.2, 0.25) is 5.02 Å². The van der Waals surface area contributed by atoms with Crippen molar-refractivity contribution in [2.75, 3.05) is 5.32 Å². The Bertz CT molecular complexity index is 1690. The zero-order valence-electron chi connectivity index (χ0n) is 20.9. The third kappa shape index (κ3) is 5.03. The van der Waals surface area contributed by atoms with Crippen LogP contribution in [0.25, 0.3) is 10.9 Å². The molecule has 0 unspecified atom stereocenters. The number of fused-ring (bicyclic) bond motifs is 1. The molecule has 0 atom stereocenters. The van der Waals surface area contributed by atoms with E-state index < -0.39 is 11.4 Å². The second kappa shape index (κ2) is 9.32. The molecule has 0 aliphatic heterocycles. The van der Waals surface area contributed by atoms with Gasteiger partial charge in [0, 0.05) is 18.6 Å². The van der Waals surface area contributed by atoms with Crippen LogP contribution in [0.5, 0.6) is 0 Å². The van der Waals surface area contributed by atoms with Crippen molar-refractivity contribution in [3.8, 4) is 0 Å². The van der Waals surface area contributed by atoms with Crippen LogP contribution in [0, 0.1) is 0 Å². The predicted octanol–water partition coefficient (Wildman–Crippen LogP) is 3.20. The molecule has 5 aromatic rings. The highest BCUT2D eigenvalue weighted by molar-refractivity contribution is 6.34. The molecule has 0 amide bonds. The Balaban J connectivity index is 1.59. The van der Waals surface area contributed by atoms with Crippen LogP contribution in [0.4, 0.5) is 11.6 Å². The Morgan fingerprint density at radius 1 is 1.05 bits per heavy atom. The van der Waals surface area contributed by atoms with Crippen molar-refractivity contribution in [3.63, 3.8) is 0 Å². The van der Waals surface area contributed by atoms with E-state index in [1.807, 2.05) is 37.5 Å². The van der Waals surface area contributed by atoms with E-state index in [1.165, 1.54) is 16.3 Å². The summed E-state index contributed by atoms with van der Waals surface area (Å²) in [5.74, 6) is 0.0800. The molecule has 2 aromatic carbocycles. The quantitative estimate of drug-likeness (QED) is 0.352. The predicted molar refractivity (Wildman–Crippen MR) is 141 cm³/mol. The Kier molecular flexibility index (Phi) is 6.16. The fourth-order valence-electron chi connectivity index (χ4n) is 4.04. The van der Waals surface area contributed by atoms with E-state index in [4.69, 9.17) is 11.6 Å². The van der Waals surface area contributed by atoms with Crippen LogP contribution in [-0.2, 0) is 25.6 Å². The minimum atomic E-state index is -0.714. The lowest BCUT2D eigenvalue weighted by molar-refractivity contribution is 0.580. The molecule has 12 heteroatoms. The number of aromatic nitrogens is 8. The fraction of sp³-hybridized carbons (Fsp3) is 0.280. The minimum Gasteiger partial charge on any atom is -0.324 e. The maximum atomic E-state index is 13.6. The average molecular weight is 520 g/mol. The molecule has 0 fully saturated rings. The van der Waals surface area contributed by atoms with Gasteiger partial charge in [-0.2, -0.15) is 25.5 Å². The Morgan fingerprint density at radius 3 is 2.49 bits per heavy atom. The first-order valence-corrected chi connectivity index (χ1v) is 12.0. The molecule has 0 saturated carbocycles. The number of aryl methyl sites for hydroxylation is 1. The summed E-state index contributed by atoms with van der Waals surface area (Å²) in [7, 11) is 1.82. The van der Waals surface area contributed by atoms with Crippen LogP contribution >= 0.6 is 11.6 Å². The summed E-state index contributed by atoms with van der Waals surface area (Å²) in [6.07, 6.45) is 3.31. The van der Waals surface area contributed by atoms with E-state index in [-0.39, 0.29) is 24.5 Å². The van der Waals surface area contributed by atoms with E-state index >= 15 is 0 Å². The van der Waals surface area contributed by atoms with Gasteiger partial charge in [0.05, 0.1) is 35.5 Å². The molecule has 11 nitrogen and oxygen atoms in total. The summed E-state index contributed by atoms with van der Waals surface area (Å²) in [6.45, 7) is 6.54. The van der Waals surface area contributed by atoms with Crippen molar-refractivity contribution in [2.45, 2.75) is 39.3 Å². The molecule has 5 rings (SSSR count). The molecule has 2 N–H and O–H groups in total. The summed E-state index contributed by atoms with van der Waals surface area (Å²) in [5, 5.41) is 18.9. The fourth-order valence-corrected chi connectivity index (χ4v) is 4.25.